The Morgan fingerprint density at radius 1 is 1.17 bits per heavy atom. The number of amides is 1. The number of nitrogens with one attached hydrogen (secondary N) is 1. The van der Waals surface area contributed by atoms with Crippen molar-refractivity contribution in [1.29, 1.82) is 0 Å². The van der Waals surface area contributed by atoms with Gasteiger partial charge in [-0.1, -0.05) is 6.07 Å². The van der Waals surface area contributed by atoms with Crippen molar-refractivity contribution in [3.8, 4) is 0 Å². The number of hydrogen-bond donors (Lipinski definition) is 2. The van der Waals surface area contributed by atoms with Crippen LogP contribution in [0.3, 0.4) is 0 Å². The maximum atomic E-state index is 12.2. The van der Waals surface area contributed by atoms with Crippen LogP contribution in [0, 0.1) is 0 Å². The number of pyridine rings is 1. The van der Waals surface area contributed by atoms with E-state index in [9.17, 15) is 14.7 Å². The second-order valence-electron chi connectivity index (χ2n) is 9.29. The van der Waals surface area contributed by atoms with Crippen molar-refractivity contribution >= 4 is 22.8 Å². The number of benzene rings is 1. The molecule has 0 aliphatic carbocycles. The van der Waals surface area contributed by atoms with Crippen molar-refractivity contribution < 1.29 is 9.90 Å². The molecule has 4 aromatic rings. The minimum absolute atomic E-state index is 0.0411. The summed E-state index contributed by atoms with van der Waals surface area (Å²) in [5.41, 5.74) is 4.48. The van der Waals surface area contributed by atoms with E-state index in [1.54, 1.807) is 27.6 Å². The van der Waals surface area contributed by atoms with E-state index in [0.29, 0.717) is 26.1 Å². The van der Waals surface area contributed by atoms with Gasteiger partial charge in [0.25, 0.3) is 5.56 Å². The zero-order valence-corrected chi connectivity index (χ0v) is 20.6. The lowest BCUT2D eigenvalue weighted by atomic mass is 9.96. The summed E-state index contributed by atoms with van der Waals surface area (Å²) in [5, 5.41) is 17.7. The largest absolute Gasteiger partial charge is 0.465 e. The summed E-state index contributed by atoms with van der Waals surface area (Å²) in [4.78, 5) is 30.7. The van der Waals surface area contributed by atoms with Crippen LogP contribution in [0.15, 0.2) is 53.6 Å². The number of hydrogen-bond acceptors (Lipinski definition) is 5. The number of fused-ring (bicyclic) bond motifs is 3. The fraction of sp³-hybridized carbons (Fsp3) is 0.385. The second-order valence-corrected chi connectivity index (χ2v) is 9.29. The highest BCUT2D eigenvalue weighted by atomic mass is 16.4. The van der Waals surface area contributed by atoms with Gasteiger partial charge < -0.3 is 19.6 Å². The Bertz CT molecular complexity index is 1450. The van der Waals surface area contributed by atoms with Crippen LogP contribution in [-0.2, 0) is 39.5 Å². The maximum Gasteiger partial charge on any atom is 0.412 e. The minimum Gasteiger partial charge on any atom is -0.465 e. The molecule has 2 N–H and O–H groups in total. The number of aromatic nitrogens is 5. The SMILES string of the molecule is C[C@H]1CCc2c(ccc3c2nc(CCn2ccccc2=O)n3CCNCc2ccn(C)n2)N1C(=O)O. The first-order valence-corrected chi connectivity index (χ1v) is 12.3. The predicted octanol–water partition coefficient (Wildman–Crippen LogP) is 2.78. The highest BCUT2D eigenvalue weighted by Gasteiger charge is 2.30. The van der Waals surface area contributed by atoms with E-state index in [-0.39, 0.29) is 11.6 Å². The Labute approximate surface area is 208 Å². The first-order valence-electron chi connectivity index (χ1n) is 12.3. The molecule has 1 aliphatic rings. The van der Waals surface area contributed by atoms with E-state index in [2.05, 4.69) is 15.0 Å². The zero-order valence-electron chi connectivity index (χ0n) is 20.6. The van der Waals surface area contributed by atoms with Crippen LogP contribution in [0.1, 0.15) is 30.4 Å². The third-order valence-corrected chi connectivity index (χ3v) is 6.86. The van der Waals surface area contributed by atoms with Crippen molar-refractivity contribution in [2.24, 2.45) is 7.05 Å². The normalized spacial score (nSPS) is 15.4. The Morgan fingerprint density at radius 2 is 2.03 bits per heavy atom. The fourth-order valence-corrected chi connectivity index (χ4v) is 5.04. The van der Waals surface area contributed by atoms with Gasteiger partial charge in [0, 0.05) is 69.7 Å². The summed E-state index contributed by atoms with van der Waals surface area (Å²) >= 11 is 0. The van der Waals surface area contributed by atoms with Crippen molar-refractivity contribution in [1.82, 2.24) is 29.2 Å². The van der Waals surface area contributed by atoms with Gasteiger partial charge in [-0.15, -0.1) is 0 Å². The fourth-order valence-electron chi connectivity index (χ4n) is 5.04. The molecule has 5 rings (SSSR count). The van der Waals surface area contributed by atoms with E-state index < -0.39 is 6.09 Å². The van der Waals surface area contributed by atoms with E-state index in [1.165, 1.54) is 4.90 Å². The molecule has 0 fully saturated rings. The molecule has 4 heterocycles. The van der Waals surface area contributed by atoms with Gasteiger partial charge in [-0.3, -0.25) is 14.4 Å². The number of carbonyl (C=O) groups is 1. The molecule has 0 unspecified atom stereocenters. The van der Waals surface area contributed by atoms with Crippen LogP contribution in [0.25, 0.3) is 11.0 Å². The number of nitrogens with zero attached hydrogens (tertiary/aromatic N) is 6. The van der Waals surface area contributed by atoms with Crippen molar-refractivity contribution in [3.05, 3.63) is 76.2 Å². The van der Waals surface area contributed by atoms with Crippen LogP contribution in [0.5, 0.6) is 0 Å². The molecule has 1 aromatic carbocycles. The number of imidazole rings is 1. The average Bonchev–Trinajstić information content (AvgIpc) is 3.43. The molecule has 0 saturated carbocycles. The maximum absolute atomic E-state index is 12.2. The zero-order chi connectivity index (χ0) is 25.2. The molecule has 10 heteroatoms. The Morgan fingerprint density at radius 3 is 2.78 bits per heavy atom. The smallest absolute Gasteiger partial charge is 0.412 e. The van der Waals surface area contributed by atoms with E-state index in [0.717, 1.165) is 53.2 Å². The van der Waals surface area contributed by atoms with Crippen molar-refractivity contribution in [2.45, 2.75) is 51.9 Å². The van der Waals surface area contributed by atoms with Gasteiger partial charge in [0.1, 0.15) is 5.82 Å². The first kappa shape index (κ1) is 23.8. The Hall–Kier alpha value is -3.92. The topological polar surface area (TPSA) is 110 Å². The van der Waals surface area contributed by atoms with Crippen molar-refractivity contribution in [3.63, 3.8) is 0 Å². The van der Waals surface area contributed by atoms with Crippen LogP contribution < -0.4 is 15.8 Å². The molecular formula is C26H31N7O3. The monoisotopic (exact) mass is 489 g/mol. The minimum atomic E-state index is -0.940. The highest BCUT2D eigenvalue weighted by molar-refractivity contribution is 5.94. The number of anilines is 1. The molecule has 36 heavy (non-hydrogen) atoms. The second kappa shape index (κ2) is 9.98. The summed E-state index contributed by atoms with van der Waals surface area (Å²) in [5.74, 6) is 0.884. The van der Waals surface area contributed by atoms with Crippen molar-refractivity contribution in [2.75, 3.05) is 11.4 Å². The van der Waals surface area contributed by atoms with Gasteiger partial charge >= 0.3 is 6.09 Å². The average molecular weight is 490 g/mol. The molecule has 0 bridgehead atoms. The lowest BCUT2D eigenvalue weighted by Gasteiger charge is -2.33. The molecule has 1 atom stereocenters. The first-order chi connectivity index (χ1) is 17.4. The molecule has 0 saturated heterocycles. The van der Waals surface area contributed by atoms with Crippen LogP contribution >= 0.6 is 0 Å². The molecule has 188 valence electrons. The van der Waals surface area contributed by atoms with Crippen LogP contribution in [0.4, 0.5) is 10.5 Å². The summed E-state index contributed by atoms with van der Waals surface area (Å²) in [6.45, 7) is 4.54. The van der Waals surface area contributed by atoms with Gasteiger partial charge in [0.05, 0.1) is 22.4 Å². The van der Waals surface area contributed by atoms with E-state index in [4.69, 9.17) is 4.98 Å². The summed E-state index contributed by atoms with van der Waals surface area (Å²) < 4.78 is 5.67. The highest BCUT2D eigenvalue weighted by Crippen LogP contribution is 2.36. The summed E-state index contributed by atoms with van der Waals surface area (Å²) in [6.07, 6.45) is 4.90. The predicted molar refractivity (Wildman–Crippen MR) is 137 cm³/mol. The van der Waals surface area contributed by atoms with Crippen LogP contribution in [-0.4, -0.2) is 47.7 Å². The third-order valence-electron chi connectivity index (χ3n) is 6.86. The molecule has 3 aromatic heterocycles. The Kier molecular flexibility index (Phi) is 6.60. The van der Waals surface area contributed by atoms with Gasteiger partial charge in [0.2, 0.25) is 0 Å². The van der Waals surface area contributed by atoms with E-state index in [1.807, 2.05) is 44.4 Å². The molecule has 1 aliphatic heterocycles. The summed E-state index contributed by atoms with van der Waals surface area (Å²) in [6, 6.07) is 11.0. The third kappa shape index (κ3) is 4.64. The summed E-state index contributed by atoms with van der Waals surface area (Å²) in [7, 11) is 1.90. The van der Waals surface area contributed by atoms with Gasteiger partial charge in [-0.25, -0.2) is 9.78 Å². The molecule has 10 nitrogen and oxygen atoms in total. The lowest BCUT2D eigenvalue weighted by molar-refractivity contribution is 0.198. The standard InChI is InChI=1S/C26H31N7O3/c1-18-6-7-20-21(33(18)26(35)36)8-9-22-25(20)28-23(11-15-31-13-4-3-5-24(31)34)32(22)16-12-27-17-19-10-14-30(2)29-19/h3-5,8-10,13-14,18,27H,6-7,11-12,15-17H2,1-2H3,(H,35,36)/t18-/m0/s1. The van der Waals surface area contributed by atoms with Crippen LogP contribution in [0.2, 0.25) is 0 Å². The lowest BCUT2D eigenvalue weighted by Crippen LogP contribution is -2.41. The van der Waals surface area contributed by atoms with Gasteiger partial charge in [-0.05, 0) is 44.0 Å². The number of rotatable bonds is 8. The number of carboxylic acid groups (broad SMARTS) is 1. The van der Waals surface area contributed by atoms with Gasteiger partial charge in [0.15, 0.2) is 0 Å². The van der Waals surface area contributed by atoms with E-state index >= 15 is 0 Å². The molecular weight excluding hydrogens is 458 g/mol. The van der Waals surface area contributed by atoms with Gasteiger partial charge in [-0.2, -0.15) is 5.10 Å². The number of aryl methyl sites for hydroxylation is 4. The molecule has 0 spiro atoms. The quantitative estimate of drug-likeness (QED) is 0.368. The molecule has 1 amide bonds. The molecule has 0 radical (unpaired) electrons. The Balaban J connectivity index is 1.45.